The van der Waals surface area contributed by atoms with Crippen molar-refractivity contribution in [2.45, 2.75) is 6.18 Å². The molecule has 0 radical (unpaired) electrons. The van der Waals surface area contributed by atoms with Crippen LogP contribution in [0.4, 0.5) is 13.2 Å². The van der Waals surface area contributed by atoms with E-state index in [0.717, 1.165) is 0 Å². The van der Waals surface area contributed by atoms with Gasteiger partial charge in [0.15, 0.2) is 0 Å². The van der Waals surface area contributed by atoms with E-state index in [1.165, 1.54) is 7.11 Å². The number of alkyl halides is 3. The summed E-state index contributed by atoms with van der Waals surface area (Å²) in [7, 11) is 1.50. The molecule has 4 heteroatoms. The molecule has 0 fully saturated rings. The van der Waals surface area contributed by atoms with Crippen LogP contribution in [0.25, 0.3) is 5.57 Å². The number of hydrogen-bond acceptors (Lipinski definition) is 1. The van der Waals surface area contributed by atoms with Crippen molar-refractivity contribution in [2.24, 2.45) is 0 Å². The second-order valence-electron chi connectivity index (χ2n) is 4.44. The third-order valence-electron chi connectivity index (χ3n) is 2.82. The Kier molecular flexibility index (Phi) is 4.90. The van der Waals surface area contributed by atoms with Crippen LogP contribution in [0.3, 0.4) is 0 Å². The molecular formula is C18H13F3O. The fourth-order valence-electron chi connectivity index (χ4n) is 1.79. The maximum absolute atomic E-state index is 12.7. The third kappa shape index (κ3) is 4.71. The molecule has 2 aromatic carbocycles. The van der Waals surface area contributed by atoms with E-state index in [0.29, 0.717) is 16.9 Å². The first-order valence-corrected chi connectivity index (χ1v) is 6.49. The molecule has 2 aromatic rings. The Bertz CT molecular complexity index is 702. The summed E-state index contributed by atoms with van der Waals surface area (Å²) >= 11 is 0. The first kappa shape index (κ1) is 15.7. The number of rotatable bonds is 2. The minimum absolute atomic E-state index is 0.0843. The van der Waals surface area contributed by atoms with Gasteiger partial charge in [0.05, 0.1) is 7.11 Å². The van der Waals surface area contributed by atoms with Gasteiger partial charge >= 0.3 is 6.18 Å². The summed E-state index contributed by atoms with van der Waals surface area (Å²) in [5.74, 6) is 5.92. The molecule has 0 amide bonds. The fourth-order valence-corrected chi connectivity index (χ4v) is 1.79. The van der Waals surface area contributed by atoms with E-state index in [1.54, 1.807) is 48.5 Å². The molecule has 0 saturated carbocycles. The Morgan fingerprint density at radius 1 is 1.00 bits per heavy atom. The molecule has 2 rings (SSSR count). The highest BCUT2D eigenvalue weighted by Gasteiger charge is 2.24. The van der Waals surface area contributed by atoms with Crippen LogP contribution in [0.1, 0.15) is 11.1 Å². The van der Waals surface area contributed by atoms with E-state index in [2.05, 4.69) is 11.8 Å². The van der Waals surface area contributed by atoms with Crippen LogP contribution in [0.2, 0.25) is 0 Å². The molecule has 0 atom stereocenters. The van der Waals surface area contributed by atoms with Crippen molar-refractivity contribution in [2.75, 3.05) is 7.11 Å². The summed E-state index contributed by atoms with van der Waals surface area (Å²) in [6.45, 7) is 0. The molecular weight excluding hydrogens is 289 g/mol. The van der Waals surface area contributed by atoms with Gasteiger partial charge in [0.2, 0.25) is 0 Å². The quantitative estimate of drug-likeness (QED) is 0.731. The Morgan fingerprint density at radius 2 is 1.64 bits per heavy atom. The van der Waals surface area contributed by atoms with E-state index < -0.39 is 6.18 Å². The van der Waals surface area contributed by atoms with Gasteiger partial charge in [-0.3, -0.25) is 0 Å². The van der Waals surface area contributed by atoms with Crippen molar-refractivity contribution >= 4 is 5.57 Å². The van der Waals surface area contributed by atoms with Gasteiger partial charge in [0.25, 0.3) is 0 Å². The predicted octanol–water partition coefficient (Wildman–Crippen LogP) is 4.69. The zero-order chi connectivity index (χ0) is 16.0. The molecule has 0 saturated heterocycles. The zero-order valence-corrected chi connectivity index (χ0v) is 11.8. The van der Waals surface area contributed by atoms with Crippen LogP contribution in [-0.4, -0.2) is 13.3 Å². The van der Waals surface area contributed by atoms with E-state index in [4.69, 9.17) is 4.74 Å². The monoisotopic (exact) mass is 302 g/mol. The lowest BCUT2D eigenvalue weighted by Crippen LogP contribution is -2.02. The summed E-state index contributed by atoms with van der Waals surface area (Å²) in [5, 5.41) is 0. The smallest absolute Gasteiger partial charge is 0.410 e. The molecule has 0 aromatic heterocycles. The minimum atomic E-state index is -4.43. The van der Waals surface area contributed by atoms with Gasteiger partial charge in [-0.1, -0.05) is 42.2 Å². The van der Waals surface area contributed by atoms with E-state index in [-0.39, 0.29) is 11.6 Å². The van der Waals surface area contributed by atoms with Crippen LogP contribution >= 0.6 is 0 Å². The lowest BCUT2D eigenvalue weighted by atomic mass is 10.0. The molecule has 0 spiro atoms. The van der Waals surface area contributed by atoms with Crippen molar-refractivity contribution in [1.29, 1.82) is 0 Å². The van der Waals surface area contributed by atoms with Crippen molar-refractivity contribution in [3.8, 4) is 17.6 Å². The molecule has 22 heavy (non-hydrogen) atoms. The molecule has 0 unspecified atom stereocenters. The van der Waals surface area contributed by atoms with Crippen molar-refractivity contribution < 1.29 is 17.9 Å². The number of hydrogen-bond donors (Lipinski definition) is 0. The largest absolute Gasteiger partial charge is 0.497 e. The molecule has 1 nitrogen and oxygen atoms in total. The lowest BCUT2D eigenvalue weighted by Gasteiger charge is -2.05. The van der Waals surface area contributed by atoms with Crippen LogP contribution in [0.15, 0.2) is 60.7 Å². The van der Waals surface area contributed by atoms with Crippen molar-refractivity contribution in [3.63, 3.8) is 0 Å². The van der Waals surface area contributed by atoms with E-state index in [1.807, 2.05) is 6.07 Å². The second-order valence-corrected chi connectivity index (χ2v) is 4.44. The van der Waals surface area contributed by atoms with Gasteiger partial charge in [-0.25, -0.2) is 0 Å². The molecule has 0 N–H and O–H groups in total. The number of benzene rings is 2. The van der Waals surface area contributed by atoms with Crippen molar-refractivity contribution in [3.05, 3.63) is 71.8 Å². The van der Waals surface area contributed by atoms with Gasteiger partial charge in [0, 0.05) is 17.2 Å². The van der Waals surface area contributed by atoms with Gasteiger partial charge in [-0.15, -0.1) is 0 Å². The Hall–Kier alpha value is -2.67. The second kappa shape index (κ2) is 6.86. The SMILES string of the molecule is COc1ccc(/C(C#Cc2ccccc2)=C\C(F)(F)F)cc1. The van der Waals surface area contributed by atoms with Crippen LogP contribution < -0.4 is 4.74 Å². The van der Waals surface area contributed by atoms with Crippen LogP contribution in [0.5, 0.6) is 5.75 Å². The first-order chi connectivity index (χ1) is 10.5. The molecule has 0 bridgehead atoms. The van der Waals surface area contributed by atoms with Gasteiger partial charge in [-0.05, 0) is 29.8 Å². The Morgan fingerprint density at radius 3 is 2.18 bits per heavy atom. The first-order valence-electron chi connectivity index (χ1n) is 6.49. The predicted molar refractivity (Wildman–Crippen MR) is 80.3 cm³/mol. The molecule has 0 aliphatic carbocycles. The van der Waals surface area contributed by atoms with E-state index in [9.17, 15) is 13.2 Å². The van der Waals surface area contributed by atoms with Crippen LogP contribution in [-0.2, 0) is 0 Å². The van der Waals surface area contributed by atoms with Gasteiger partial charge in [0.1, 0.15) is 5.75 Å². The highest BCUT2D eigenvalue weighted by atomic mass is 19.4. The average molecular weight is 302 g/mol. The highest BCUT2D eigenvalue weighted by molar-refractivity contribution is 5.80. The summed E-state index contributed by atoms with van der Waals surface area (Å²) < 4.78 is 43.1. The fraction of sp³-hybridized carbons (Fsp3) is 0.111. The summed E-state index contributed by atoms with van der Waals surface area (Å²) in [6, 6.07) is 15.2. The summed E-state index contributed by atoms with van der Waals surface area (Å²) in [6.07, 6.45) is -4.22. The number of halogens is 3. The summed E-state index contributed by atoms with van der Waals surface area (Å²) in [5.41, 5.74) is 0.963. The van der Waals surface area contributed by atoms with Gasteiger partial charge < -0.3 is 4.74 Å². The minimum Gasteiger partial charge on any atom is -0.497 e. The molecule has 0 heterocycles. The standard InChI is InChI=1S/C18H13F3O/c1-22-17-11-9-15(10-12-17)16(13-18(19,20)21)8-7-14-5-3-2-4-6-14/h2-6,9-13H,1H3/b16-13-. The topological polar surface area (TPSA) is 9.23 Å². The third-order valence-corrected chi connectivity index (χ3v) is 2.82. The van der Waals surface area contributed by atoms with Gasteiger partial charge in [-0.2, -0.15) is 13.2 Å². The zero-order valence-electron chi connectivity index (χ0n) is 11.8. The number of methoxy groups -OCH3 is 1. The normalized spacial score (nSPS) is 11.5. The maximum Gasteiger partial charge on any atom is 0.410 e. The Balaban J connectivity index is 2.39. The molecule has 0 aliphatic heterocycles. The number of allylic oxidation sites excluding steroid dienone is 2. The molecule has 0 aliphatic rings. The highest BCUT2D eigenvalue weighted by Crippen LogP contribution is 2.25. The van der Waals surface area contributed by atoms with E-state index >= 15 is 0 Å². The maximum atomic E-state index is 12.7. The van der Waals surface area contributed by atoms with Crippen LogP contribution in [0, 0.1) is 11.8 Å². The average Bonchev–Trinajstić information content (AvgIpc) is 2.51. The lowest BCUT2D eigenvalue weighted by molar-refractivity contribution is -0.0792. The molecule has 112 valence electrons. The summed E-state index contributed by atoms with van der Waals surface area (Å²) in [4.78, 5) is 0. The van der Waals surface area contributed by atoms with Crippen molar-refractivity contribution in [1.82, 2.24) is 0 Å². The Labute approximate surface area is 127 Å². The number of ether oxygens (including phenoxy) is 1.